The van der Waals surface area contributed by atoms with E-state index in [4.69, 9.17) is 4.74 Å². The van der Waals surface area contributed by atoms with E-state index >= 15 is 0 Å². The van der Waals surface area contributed by atoms with Gasteiger partial charge in [0.2, 0.25) is 0 Å². The Morgan fingerprint density at radius 1 is 1.33 bits per heavy atom. The lowest BCUT2D eigenvalue weighted by molar-refractivity contribution is 0.0974. The van der Waals surface area contributed by atoms with Crippen LogP contribution in [0, 0.1) is 11.3 Å². The van der Waals surface area contributed by atoms with Crippen LogP contribution in [0.15, 0.2) is 0 Å². The van der Waals surface area contributed by atoms with Gasteiger partial charge in [-0.1, -0.05) is 34.6 Å². The van der Waals surface area contributed by atoms with Crippen LogP contribution in [0.2, 0.25) is 0 Å². The fourth-order valence-electron chi connectivity index (χ4n) is 2.63. The van der Waals surface area contributed by atoms with Crippen molar-refractivity contribution in [3.05, 3.63) is 0 Å². The van der Waals surface area contributed by atoms with E-state index in [1.54, 1.807) is 0 Å². The van der Waals surface area contributed by atoms with Gasteiger partial charge in [-0.15, -0.1) is 0 Å². The SMILES string of the molecule is CCNC(CCC1CCCO1)CC(C)C(C)(C)C. The molecule has 1 saturated heterocycles. The smallest absolute Gasteiger partial charge is 0.0576 e. The molecule has 18 heavy (non-hydrogen) atoms. The van der Waals surface area contributed by atoms with Gasteiger partial charge in [0.25, 0.3) is 0 Å². The topological polar surface area (TPSA) is 21.3 Å². The standard InChI is InChI=1S/C16H33NO/c1-6-17-14(12-13(2)16(3,4)5)9-10-15-8-7-11-18-15/h13-15,17H,6-12H2,1-5H3. The summed E-state index contributed by atoms with van der Waals surface area (Å²) in [4.78, 5) is 0. The summed E-state index contributed by atoms with van der Waals surface area (Å²) in [6.45, 7) is 13.7. The molecule has 0 aromatic rings. The number of hydrogen-bond acceptors (Lipinski definition) is 2. The predicted molar refractivity (Wildman–Crippen MR) is 78.9 cm³/mol. The van der Waals surface area contributed by atoms with Crippen molar-refractivity contribution in [1.82, 2.24) is 5.32 Å². The molecule has 1 rings (SSSR count). The molecule has 2 heteroatoms. The van der Waals surface area contributed by atoms with Crippen molar-refractivity contribution in [2.45, 2.75) is 78.9 Å². The summed E-state index contributed by atoms with van der Waals surface area (Å²) in [5, 5.41) is 3.65. The van der Waals surface area contributed by atoms with Crippen LogP contribution in [0.25, 0.3) is 0 Å². The van der Waals surface area contributed by atoms with E-state index < -0.39 is 0 Å². The van der Waals surface area contributed by atoms with Gasteiger partial charge in [-0.25, -0.2) is 0 Å². The van der Waals surface area contributed by atoms with Crippen molar-refractivity contribution >= 4 is 0 Å². The Hall–Kier alpha value is -0.0800. The Morgan fingerprint density at radius 3 is 2.56 bits per heavy atom. The van der Waals surface area contributed by atoms with Crippen LogP contribution in [0.1, 0.15) is 66.7 Å². The largest absolute Gasteiger partial charge is 0.378 e. The van der Waals surface area contributed by atoms with Crippen molar-refractivity contribution in [2.75, 3.05) is 13.2 Å². The molecule has 0 aliphatic carbocycles. The van der Waals surface area contributed by atoms with E-state index in [1.807, 2.05) is 0 Å². The van der Waals surface area contributed by atoms with E-state index in [0.717, 1.165) is 19.1 Å². The van der Waals surface area contributed by atoms with Crippen molar-refractivity contribution in [2.24, 2.45) is 11.3 Å². The Labute approximate surface area is 114 Å². The first kappa shape index (κ1) is 16.0. The minimum absolute atomic E-state index is 0.414. The van der Waals surface area contributed by atoms with Gasteiger partial charge in [0, 0.05) is 12.6 Å². The Balaban J connectivity index is 2.33. The molecule has 3 atom stereocenters. The van der Waals surface area contributed by atoms with Crippen molar-refractivity contribution in [3.8, 4) is 0 Å². The number of ether oxygens (including phenoxy) is 1. The fraction of sp³-hybridized carbons (Fsp3) is 1.00. The molecule has 0 aromatic carbocycles. The summed E-state index contributed by atoms with van der Waals surface area (Å²) in [7, 11) is 0. The Morgan fingerprint density at radius 2 is 2.06 bits per heavy atom. The maximum absolute atomic E-state index is 5.73. The van der Waals surface area contributed by atoms with Crippen LogP contribution in [-0.4, -0.2) is 25.3 Å². The molecular weight excluding hydrogens is 222 g/mol. The zero-order valence-electron chi connectivity index (χ0n) is 13.1. The highest BCUT2D eigenvalue weighted by atomic mass is 16.5. The molecular formula is C16H33NO. The van der Waals surface area contributed by atoms with E-state index in [2.05, 4.69) is 39.9 Å². The lowest BCUT2D eigenvalue weighted by Gasteiger charge is -2.31. The molecule has 0 saturated carbocycles. The molecule has 1 fully saturated rings. The third kappa shape index (κ3) is 5.71. The highest BCUT2D eigenvalue weighted by Crippen LogP contribution is 2.30. The molecule has 0 aromatic heterocycles. The van der Waals surface area contributed by atoms with Gasteiger partial charge in [0.1, 0.15) is 0 Å². The first-order chi connectivity index (χ1) is 8.43. The predicted octanol–water partition coefficient (Wildman–Crippen LogP) is 4.00. The maximum atomic E-state index is 5.73. The zero-order valence-corrected chi connectivity index (χ0v) is 13.1. The monoisotopic (exact) mass is 255 g/mol. The van der Waals surface area contributed by atoms with E-state index in [9.17, 15) is 0 Å². The van der Waals surface area contributed by atoms with Gasteiger partial charge < -0.3 is 10.1 Å². The maximum Gasteiger partial charge on any atom is 0.0576 e. The second-order valence-corrected chi connectivity index (χ2v) is 6.97. The molecule has 0 amide bonds. The van der Waals surface area contributed by atoms with Crippen LogP contribution >= 0.6 is 0 Å². The molecule has 0 spiro atoms. The van der Waals surface area contributed by atoms with Crippen LogP contribution in [0.3, 0.4) is 0 Å². The molecule has 108 valence electrons. The first-order valence-corrected chi connectivity index (χ1v) is 7.78. The van der Waals surface area contributed by atoms with Crippen LogP contribution < -0.4 is 5.32 Å². The van der Waals surface area contributed by atoms with Gasteiger partial charge in [0.15, 0.2) is 0 Å². The van der Waals surface area contributed by atoms with E-state index in [1.165, 1.54) is 32.1 Å². The summed E-state index contributed by atoms with van der Waals surface area (Å²) in [6.07, 6.45) is 6.84. The van der Waals surface area contributed by atoms with Crippen molar-refractivity contribution < 1.29 is 4.74 Å². The fourth-order valence-corrected chi connectivity index (χ4v) is 2.63. The number of hydrogen-bond donors (Lipinski definition) is 1. The summed E-state index contributed by atoms with van der Waals surface area (Å²) < 4.78 is 5.73. The highest BCUT2D eigenvalue weighted by molar-refractivity contribution is 4.78. The third-order valence-corrected chi connectivity index (χ3v) is 4.47. The number of rotatable bonds is 7. The quantitative estimate of drug-likeness (QED) is 0.742. The van der Waals surface area contributed by atoms with Gasteiger partial charge in [0.05, 0.1) is 6.10 Å². The lowest BCUT2D eigenvalue weighted by Crippen LogP contribution is -2.34. The Kier molecular flexibility index (Phi) is 6.65. The zero-order chi connectivity index (χ0) is 13.6. The van der Waals surface area contributed by atoms with E-state index in [-0.39, 0.29) is 0 Å². The third-order valence-electron chi connectivity index (χ3n) is 4.47. The minimum atomic E-state index is 0.414. The number of nitrogens with one attached hydrogen (secondary N) is 1. The molecule has 1 heterocycles. The summed E-state index contributed by atoms with van der Waals surface area (Å²) >= 11 is 0. The van der Waals surface area contributed by atoms with Crippen LogP contribution in [-0.2, 0) is 4.74 Å². The second-order valence-electron chi connectivity index (χ2n) is 6.97. The molecule has 2 nitrogen and oxygen atoms in total. The highest BCUT2D eigenvalue weighted by Gasteiger charge is 2.24. The molecule has 0 bridgehead atoms. The van der Waals surface area contributed by atoms with Crippen molar-refractivity contribution in [3.63, 3.8) is 0 Å². The van der Waals surface area contributed by atoms with Gasteiger partial charge in [-0.2, -0.15) is 0 Å². The molecule has 1 aliphatic heterocycles. The average molecular weight is 255 g/mol. The van der Waals surface area contributed by atoms with Crippen LogP contribution in [0.5, 0.6) is 0 Å². The second kappa shape index (κ2) is 7.49. The molecule has 3 unspecified atom stereocenters. The van der Waals surface area contributed by atoms with E-state index in [0.29, 0.717) is 17.6 Å². The minimum Gasteiger partial charge on any atom is -0.378 e. The Bertz CT molecular complexity index is 216. The summed E-state index contributed by atoms with van der Waals surface area (Å²) in [5.41, 5.74) is 0.414. The normalized spacial score (nSPS) is 24.2. The van der Waals surface area contributed by atoms with Gasteiger partial charge in [-0.05, 0) is 50.0 Å². The van der Waals surface area contributed by atoms with Crippen molar-refractivity contribution in [1.29, 1.82) is 0 Å². The molecule has 0 radical (unpaired) electrons. The van der Waals surface area contributed by atoms with Gasteiger partial charge in [-0.3, -0.25) is 0 Å². The summed E-state index contributed by atoms with van der Waals surface area (Å²) in [6, 6.07) is 0.661. The molecule has 1 aliphatic rings. The lowest BCUT2D eigenvalue weighted by atomic mass is 9.78. The molecule has 1 N–H and O–H groups in total. The average Bonchev–Trinajstić information content (AvgIpc) is 2.77. The van der Waals surface area contributed by atoms with Gasteiger partial charge >= 0.3 is 0 Å². The first-order valence-electron chi connectivity index (χ1n) is 7.78. The summed E-state index contributed by atoms with van der Waals surface area (Å²) in [5.74, 6) is 0.756. The van der Waals surface area contributed by atoms with Crippen LogP contribution in [0.4, 0.5) is 0 Å².